The molecule has 1 N–H and O–H groups in total. The number of allylic oxidation sites excluding steroid dienone is 6. The summed E-state index contributed by atoms with van der Waals surface area (Å²) in [6.45, 7) is 18.5. The molecular formula is C30H46O2. The third-order valence-corrected chi connectivity index (χ3v) is 11.0. The normalized spacial score (nSPS) is 41.4. The molecule has 0 bridgehead atoms. The van der Waals surface area contributed by atoms with Gasteiger partial charge in [0.1, 0.15) is 0 Å². The number of fused-ring (bicyclic) bond motifs is 4. The highest BCUT2D eigenvalue weighted by molar-refractivity contribution is 5.99. The third-order valence-electron chi connectivity index (χ3n) is 11.0. The van der Waals surface area contributed by atoms with E-state index in [9.17, 15) is 9.90 Å². The lowest BCUT2D eigenvalue weighted by atomic mass is 9.44. The summed E-state index contributed by atoms with van der Waals surface area (Å²) in [4.78, 5) is 12.8. The lowest BCUT2D eigenvalue weighted by molar-refractivity contribution is -0.133. The molecule has 0 aromatic carbocycles. The molecule has 0 spiro atoms. The Kier molecular flexibility index (Phi) is 5.66. The van der Waals surface area contributed by atoms with E-state index >= 15 is 0 Å². The maximum absolute atomic E-state index is 12.8. The molecule has 0 aromatic rings. The fraction of sp³-hybridized carbons (Fsp3) is 0.767. The first-order valence-corrected chi connectivity index (χ1v) is 13.1. The van der Waals surface area contributed by atoms with E-state index in [-0.39, 0.29) is 28.3 Å². The molecule has 0 heterocycles. The second-order valence-electron chi connectivity index (χ2n) is 13.1. The van der Waals surface area contributed by atoms with Gasteiger partial charge < -0.3 is 5.11 Å². The number of Topliss-reactive ketones (excluding diaryl/α,β-unsaturated/α-hetero) is 1. The van der Waals surface area contributed by atoms with E-state index in [4.69, 9.17) is 0 Å². The van der Waals surface area contributed by atoms with Gasteiger partial charge in [-0.2, -0.15) is 0 Å². The van der Waals surface area contributed by atoms with Crippen molar-refractivity contribution in [3.8, 4) is 0 Å². The van der Waals surface area contributed by atoms with Gasteiger partial charge in [0.15, 0.2) is 5.76 Å². The van der Waals surface area contributed by atoms with Crippen molar-refractivity contribution in [3.05, 3.63) is 34.6 Å². The van der Waals surface area contributed by atoms with Crippen LogP contribution in [0, 0.1) is 39.4 Å². The van der Waals surface area contributed by atoms with Crippen LogP contribution in [0.5, 0.6) is 0 Å². The largest absolute Gasteiger partial charge is 0.505 e. The average Bonchev–Trinajstić information content (AvgIpc) is 2.97. The minimum Gasteiger partial charge on any atom is -0.505 e. The summed E-state index contributed by atoms with van der Waals surface area (Å²) in [6, 6.07) is 0. The molecule has 0 amide bonds. The molecule has 2 heteroatoms. The first kappa shape index (κ1) is 23.8. The third kappa shape index (κ3) is 3.14. The average molecular weight is 439 g/mol. The molecule has 2 nitrogen and oxygen atoms in total. The summed E-state index contributed by atoms with van der Waals surface area (Å²) in [5.74, 6) is 1.75. The van der Waals surface area contributed by atoms with Crippen LogP contribution in [0.4, 0.5) is 0 Å². The van der Waals surface area contributed by atoms with E-state index in [0.29, 0.717) is 5.41 Å². The smallest absolute Gasteiger partial charge is 0.202 e. The van der Waals surface area contributed by atoms with Crippen LogP contribution in [-0.4, -0.2) is 10.9 Å². The Bertz CT molecular complexity index is 898. The Labute approximate surface area is 196 Å². The van der Waals surface area contributed by atoms with Crippen LogP contribution < -0.4 is 0 Å². The summed E-state index contributed by atoms with van der Waals surface area (Å²) >= 11 is 0. The van der Waals surface area contributed by atoms with Gasteiger partial charge in [-0.15, -0.1) is 0 Å². The monoisotopic (exact) mass is 438 g/mol. The Morgan fingerprint density at radius 2 is 1.78 bits per heavy atom. The molecular weight excluding hydrogens is 392 g/mol. The Morgan fingerprint density at radius 3 is 2.44 bits per heavy atom. The van der Waals surface area contributed by atoms with Gasteiger partial charge >= 0.3 is 0 Å². The molecule has 0 aromatic heterocycles. The molecule has 32 heavy (non-hydrogen) atoms. The molecule has 178 valence electrons. The zero-order chi connectivity index (χ0) is 23.7. The minimum atomic E-state index is -0.495. The fourth-order valence-corrected chi connectivity index (χ4v) is 8.99. The standard InChI is InChI=1S/C30H46O2/c1-19(2)10-9-11-20(3)21-14-16-30(8)23-12-13-25-27(4,5)26(32)24(31)18-28(25,6)22(23)15-17-29(21,30)7/h10,18,20-21,25,31H,9,11-17H2,1-8H3. The van der Waals surface area contributed by atoms with Gasteiger partial charge in [0, 0.05) is 10.8 Å². The van der Waals surface area contributed by atoms with Gasteiger partial charge in [0.2, 0.25) is 5.78 Å². The first-order valence-electron chi connectivity index (χ1n) is 13.1. The molecule has 1 fully saturated rings. The molecule has 1 saturated carbocycles. The fourth-order valence-electron chi connectivity index (χ4n) is 8.99. The summed E-state index contributed by atoms with van der Waals surface area (Å²) in [6.07, 6.45) is 14.0. The molecule has 4 aliphatic rings. The van der Waals surface area contributed by atoms with Crippen molar-refractivity contribution >= 4 is 5.78 Å². The number of carbonyl (C=O) groups is 1. The summed E-state index contributed by atoms with van der Waals surface area (Å²) in [5, 5.41) is 10.6. The van der Waals surface area contributed by atoms with Crippen molar-refractivity contribution in [1.29, 1.82) is 0 Å². The van der Waals surface area contributed by atoms with E-state index in [1.165, 1.54) is 37.7 Å². The highest BCUT2D eigenvalue weighted by Gasteiger charge is 2.63. The van der Waals surface area contributed by atoms with Crippen LogP contribution in [0.2, 0.25) is 0 Å². The van der Waals surface area contributed by atoms with Gasteiger partial charge in [-0.05, 0) is 99.9 Å². The maximum atomic E-state index is 12.8. The molecule has 0 radical (unpaired) electrons. The van der Waals surface area contributed by atoms with Crippen molar-refractivity contribution in [3.63, 3.8) is 0 Å². The summed E-state index contributed by atoms with van der Waals surface area (Å²) in [5.41, 5.74) is 4.61. The van der Waals surface area contributed by atoms with Crippen molar-refractivity contribution in [1.82, 2.24) is 0 Å². The lowest BCUT2D eigenvalue weighted by Gasteiger charge is -2.59. The Hall–Kier alpha value is -1.31. The number of hydrogen-bond acceptors (Lipinski definition) is 2. The van der Waals surface area contributed by atoms with Crippen molar-refractivity contribution in [2.45, 2.75) is 107 Å². The lowest BCUT2D eigenvalue weighted by Crippen LogP contribution is -2.53. The zero-order valence-corrected chi connectivity index (χ0v) is 21.9. The molecule has 4 rings (SSSR count). The van der Waals surface area contributed by atoms with Crippen molar-refractivity contribution in [2.75, 3.05) is 0 Å². The minimum absolute atomic E-state index is 0.00168. The quantitative estimate of drug-likeness (QED) is 0.448. The van der Waals surface area contributed by atoms with Crippen LogP contribution in [0.3, 0.4) is 0 Å². The molecule has 0 saturated heterocycles. The highest BCUT2D eigenvalue weighted by atomic mass is 16.3. The SMILES string of the molecule is CC(C)=CCCC(C)C1CCC2(C)C3=C(CCC12C)C1(C)C=C(O)C(=O)C(C)(C)C1CC3. The van der Waals surface area contributed by atoms with Gasteiger partial charge in [-0.3, -0.25) is 4.79 Å². The van der Waals surface area contributed by atoms with Gasteiger partial charge in [-0.1, -0.05) is 64.3 Å². The predicted octanol–water partition coefficient (Wildman–Crippen LogP) is 8.35. The van der Waals surface area contributed by atoms with Gasteiger partial charge in [0.05, 0.1) is 0 Å². The number of carbonyl (C=O) groups excluding carboxylic acids is 1. The number of aliphatic hydroxyl groups excluding tert-OH is 1. The molecule has 6 unspecified atom stereocenters. The van der Waals surface area contributed by atoms with Crippen molar-refractivity contribution in [2.24, 2.45) is 39.4 Å². The number of aliphatic hydroxyl groups is 1. The van der Waals surface area contributed by atoms with Crippen LogP contribution in [0.15, 0.2) is 34.6 Å². The molecule has 6 atom stereocenters. The number of rotatable bonds is 4. The molecule has 4 aliphatic carbocycles. The van der Waals surface area contributed by atoms with Crippen LogP contribution in [0.25, 0.3) is 0 Å². The Balaban J connectivity index is 1.71. The van der Waals surface area contributed by atoms with Gasteiger partial charge in [-0.25, -0.2) is 0 Å². The van der Waals surface area contributed by atoms with E-state index < -0.39 is 5.41 Å². The summed E-state index contributed by atoms with van der Waals surface area (Å²) < 4.78 is 0. The Morgan fingerprint density at radius 1 is 1.09 bits per heavy atom. The molecule has 0 aliphatic heterocycles. The zero-order valence-electron chi connectivity index (χ0n) is 21.9. The van der Waals surface area contributed by atoms with Gasteiger partial charge in [0.25, 0.3) is 0 Å². The van der Waals surface area contributed by atoms with Crippen molar-refractivity contribution < 1.29 is 9.90 Å². The van der Waals surface area contributed by atoms with E-state index in [1.54, 1.807) is 11.1 Å². The first-order chi connectivity index (χ1) is 14.8. The topological polar surface area (TPSA) is 37.3 Å². The van der Waals surface area contributed by atoms with Crippen LogP contribution in [-0.2, 0) is 4.79 Å². The highest BCUT2D eigenvalue weighted by Crippen LogP contribution is 2.71. The number of ketones is 1. The van der Waals surface area contributed by atoms with Crippen LogP contribution >= 0.6 is 0 Å². The van der Waals surface area contributed by atoms with E-state index in [2.05, 4.69) is 61.5 Å². The summed E-state index contributed by atoms with van der Waals surface area (Å²) in [7, 11) is 0. The van der Waals surface area contributed by atoms with E-state index in [1.807, 2.05) is 6.08 Å². The predicted molar refractivity (Wildman–Crippen MR) is 133 cm³/mol. The second kappa shape index (κ2) is 7.60. The van der Waals surface area contributed by atoms with E-state index in [0.717, 1.165) is 31.1 Å². The maximum Gasteiger partial charge on any atom is 0.202 e. The number of hydrogen-bond donors (Lipinski definition) is 1. The second-order valence-corrected chi connectivity index (χ2v) is 13.1. The van der Waals surface area contributed by atoms with Crippen LogP contribution in [0.1, 0.15) is 107 Å².